The Morgan fingerprint density at radius 3 is 2.00 bits per heavy atom. The molecule has 0 bridgehead atoms. The van der Waals surface area contributed by atoms with Gasteiger partial charge in [-0.2, -0.15) is 0 Å². The Kier molecular flexibility index (Phi) is 6.27. The van der Waals surface area contributed by atoms with E-state index in [-0.39, 0.29) is 7.92 Å². The zero-order valence-corrected chi connectivity index (χ0v) is 14.5. The van der Waals surface area contributed by atoms with Crippen molar-refractivity contribution in [2.45, 2.75) is 6.42 Å². The molecule has 3 rings (SSSR count). The summed E-state index contributed by atoms with van der Waals surface area (Å²) >= 11 is 0. The van der Waals surface area contributed by atoms with Crippen molar-refractivity contribution in [1.29, 1.82) is 0 Å². The summed E-state index contributed by atoms with van der Waals surface area (Å²) in [5.74, 6) is 0. The van der Waals surface area contributed by atoms with Crippen LogP contribution in [0.3, 0.4) is 0 Å². The van der Waals surface area contributed by atoms with Crippen LogP contribution in [0.15, 0.2) is 90.1 Å². The zero-order valence-electron chi connectivity index (χ0n) is 13.6. The summed E-state index contributed by atoms with van der Waals surface area (Å²) in [5.41, 5.74) is 0.922. The monoisotopic (exact) mass is 332 g/mol. The van der Waals surface area contributed by atoms with E-state index in [1.165, 1.54) is 10.6 Å². The van der Waals surface area contributed by atoms with E-state index >= 15 is 0 Å². The molecule has 0 saturated carbocycles. The van der Waals surface area contributed by atoms with Crippen molar-refractivity contribution < 1.29 is 0 Å². The van der Waals surface area contributed by atoms with Crippen LogP contribution >= 0.6 is 7.92 Å². The van der Waals surface area contributed by atoms with Gasteiger partial charge < -0.3 is 0 Å². The first-order valence-corrected chi connectivity index (χ1v) is 9.75. The van der Waals surface area contributed by atoms with Crippen LogP contribution < -0.4 is 10.6 Å². The van der Waals surface area contributed by atoms with E-state index < -0.39 is 0 Å². The fourth-order valence-corrected chi connectivity index (χ4v) is 4.89. The second kappa shape index (κ2) is 9.10. The zero-order chi connectivity index (χ0) is 16.5. The van der Waals surface area contributed by atoms with Crippen molar-refractivity contribution in [2.24, 2.45) is 4.99 Å². The lowest BCUT2D eigenvalue weighted by molar-refractivity contribution is 0.944. The van der Waals surface area contributed by atoms with Crippen LogP contribution in [0.25, 0.3) is 0 Å². The van der Waals surface area contributed by atoms with Gasteiger partial charge in [0.2, 0.25) is 0 Å². The minimum absolute atomic E-state index is 0.311. The van der Waals surface area contributed by atoms with E-state index in [1.807, 2.05) is 24.4 Å². The SMILES string of the molecule is C(=NCCCP(c1ccccc1)c1ccccc1)c1ccccn1. The van der Waals surface area contributed by atoms with Crippen LogP contribution in [-0.4, -0.2) is 23.9 Å². The van der Waals surface area contributed by atoms with Gasteiger partial charge in [0.25, 0.3) is 0 Å². The van der Waals surface area contributed by atoms with Gasteiger partial charge in [-0.25, -0.2) is 0 Å². The highest BCUT2D eigenvalue weighted by molar-refractivity contribution is 7.73. The van der Waals surface area contributed by atoms with E-state index in [1.54, 1.807) is 6.20 Å². The normalized spacial score (nSPS) is 11.2. The molecule has 3 aromatic rings. The van der Waals surface area contributed by atoms with E-state index in [2.05, 4.69) is 70.6 Å². The number of rotatable bonds is 7. The molecule has 120 valence electrons. The Morgan fingerprint density at radius 2 is 1.42 bits per heavy atom. The molecule has 0 N–H and O–H groups in total. The highest BCUT2D eigenvalue weighted by Gasteiger charge is 2.12. The molecule has 0 fully saturated rings. The second-order valence-corrected chi connectivity index (χ2v) is 7.80. The Balaban J connectivity index is 1.62. The maximum atomic E-state index is 4.52. The van der Waals surface area contributed by atoms with Crippen LogP contribution in [-0.2, 0) is 0 Å². The average molecular weight is 332 g/mol. The minimum atomic E-state index is -0.311. The number of benzene rings is 2. The molecule has 2 aromatic carbocycles. The third kappa shape index (κ3) is 4.84. The number of hydrogen-bond acceptors (Lipinski definition) is 2. The van der Waals surface area contributed by atoms with Crippen LogP contribution in [0.4, 0.5) is 0 Å². The third-order valence-corrected chi connectivity index (χ3v) is 6.32. The van der Waals surface area contributed by atoms with Crippen molar-refractivity contribution in [1.82, 2.24) is 4.98 Å². The minimum Gasteiger partial charge on any atom is -0.291 e. The van der Waals surface area contributed by atoms with Crippen molar-refractivity contribution in [3.63, 3.8) is 0 Å². The first kappa shape index (κ1) is 16.5. The largest absolute Gasteiger partial charge is 0.291 e. The lowest BCUT2D eigenvalue weighted by Crippen LogP contribution is -2.14. The van der Waals surface area contributed by atoms with Gasteiger partial charge in [-0.1, -0.05) is 66.7 Å². The highest BCUT2D eigenvalue weighted by Crippen LogP contribution is 2.33. The van der Waals surface area contributed by atoms with E-state index in [0.29, 0.717) is 0 Å². The number of aromatic nitrogens is 1. The fourth-order valence-electron chi connectivity index (χ4n) is 2.55. The maximum absolute atomic E-state index is 4.52. The number of nitrogens with zero attached hydrogens (tertiary/aromatic N) is 2. The Bertz CT molecular complexity index is 703. The molecule has 3 heteroatoms. The summed E-state index contributed by atoms with van der Waals surface area (Å²) in [6.45, 7) is 0.842. The Morgan fingerprint density at radius 1 is 0.792 bits per heavy atom. The molecule has 0 aliphatic carbocycles. The number of pyridine rings is 1. The van der Waals surface area contributed by atoms with Gasteiger partial charge in [0.1, 0.15) is 0 Å². The molecular formula is C21H21N2P. The Labute approximate surface area is 145 Å². The quantitative estimate of drug-likeness (QED) is 0.364. The number of aliphatic imine (C=N–C) groups is 1. The molecule has 0 saturated heterocycles. The molecule has 1 heterocycles. The summed E-state index contributed by atoms with van der Waals surface area (Å²) in [6, 6.07) is 27.6. The second-order valence-electron chi connectivity index (χ2n) is 5.47. The van der Waals surface area contributed by atoms with E-state index in [9.17, 15) is 0 Å². The predicted molar refractivity (Wildman–Crippen MR) is 105 cm³/mol. The summed E-state index contributed by atoms with van der Waals surface area (Å²) in [6.07, 6.45) is 5.90. The molecule has 0 aliphatic heterocycles. The van der Waals surface area contributed by atoms with E-state index in [4.69, 9.17) is 0 Å². The van der Waals surface area contributed by atoms with Crippen molar-refractivity contribution in [3.8, 4) is 0 Å². The van der Waals surface area contributed by atoms with Crippen LogP contribution in [0.2, 0.25) is 0 Å². The highest BCUT2D eigenvalue weighted by atomic mass is 31.1. The third-order valence-electron chi connectivity index (χ3n) is 3.72. The smallest absolute Gasteiger partial charge is 0.0807 e. The van der Waals surface area contributed by atoms with Gasteiger partial charge in [0.15, 0.2) is 0 Å². The average Bonchev–Trinajstić information content (AvgIpc) is 2.67. The van der Waals surface area contributed by atoms with Crippen molar-refractivity contribution >= 4 is 24.7 Å². The lowest BCUT2D eigenvalue weighted by Gasteiger charge is -2.18. The molecule has 0 unspecified atom stereocenters. The standard InChI is InChI=1S/C21H21N2P/c1-3-11-20(12-4-1)24(21-13-5-2-6-14-21)17-9-15-22-18-19-10-7-8-16-23-19/h1-8,10-14,16,18H,9,15,17H2. The molecular weight excluding hydrogens is 311 g/mol. The molecule has 0 radical (unpaired) electrons. The molecule has 0 spiro atoms. The molecule has 0 aliphatic rings. The predicted octanol–water partition coefficient (Wildman–Crippen LogP) is 4.02. The molecule has 24 heavy (non-hydrogen) atoms. The number of hydrogen-bond donors (Lipinski definition) is 0. The van der Waals surface area contributed by atoms with Gasteiger partial charge in [-0.3, -0.25) is 9.98 Å². The molecule has 0 atom stereocenters. The van der Waals surface area contributed by atoms with Gasteiger partial charge in [-0.15, -0.1) is 0 Å². The van der Waals surface area contributed by atoms with Gasteiger partial charge in [-0.05, 0) is 43.2 Å². The van der Waals surface area contributed by atoms with Crippen LogP contribution in [0.1, 0.15) is 12.1 Å². The summed E-state index contributed by atoms with van der Waals surface area (Å²) in [7, 11) is -0.311. The van der Waals surface area contributed by atoms with Gasteiger partial charge in [0.05, 0.1) is 5.69 Å². The first-order chi connectivity index (χ1) is 11.9. The summed E-state index contributed by atoms with van der Waals surface area (Å²) in [4.78, 5) is 8.79. The maximum Gasteiger partial charge on any atom is 0.0807 e. The van der Waals surface area contributed by atoms with Gasteiger partial charge in [0, 0.05) is 19.0 Å². The fraction of sp³-hybridized carbons (Fsp3) is 0.143. The lowest BCUT2D eigenvalue weighted by atomic mass is 10.4. The topological polar surface area (TPSA) is 25.2 Å². The van der Waals surface area contributed by atoms with Crippen molar-refractivity contribution in [3.05, 3.63) is 90.8 Å². The molecule has 0 amide bonds. The van der Waals surface area contributed by atoms with Crippen LogP contribution in [0.5, 0.6) is 0 Å². The summed E-state index contributed by atoms with van der Waals surface area (Å²) in [5, 5.41) is 2.87. The summed E-state index contributed by atoms with van der Waals surface area (Å²) < 4.78 is 0. The van der Waals surface area contributed by atoms with Crippen LogP contribution in [0, 0.1) is 0 Å². The van der Waals surface area contributed by atoms with Gasteiger partial charge >= 0.3 is 0 Å². The molecule has 1 aromatic heterocycles. The molecule has 2 nitrogen and oxygen atoms in total. The van der Waals surface area contributed by atoms with Crippen molar-refractivity contribution in [2.75, 3.05) is 12.7 Å². The van der Waals surface area contributed by atoms with E-state index in [0.717, 1.165) is 24.8 Å². The first-order valence-electron chi connectivity index (χ1n) is 8.22. The Hall–Kier alpha value is -2.31.